The van der Waals surface area contributed by atoms with Gasteiger partial charge in [0.2, 0.25) is 5.91 Å². The monoisotopic (exact) mass is 310 g/mol. The van der Waals surface area contributed by atoms with Crippen LogP contribution in [0.2, 0.25) is 0 Å². The zero-order chi connectivity index (χ0) is 15.8. The Labute approximate surface area is 126 Å². The lowest BCUT2D eigenvalue weighted by molar-refractivity contribution is -0.120. The molecule has 2 N–H and O–H groups in total. The van der Waals surface area contributed by atoms with Gasteiger partial charge in [-0.3, -0.25) is 4.79 Å². The van der Waals surface area contributed by atoms with E-state index in [0.717, 1.165) is 30.3 Å². The molecule has 0 aliphatic heterocycles. The minimum absolute atomic E-state index is 0.0993. The molecule has 2 rings (SSSR count). The highest BCUT2D eigenvalue weighted by Crippen LogP contribution is 2.35. The molecule has 1 aliphatic carbocycles. The van der Waals surface area contributed by atoms with Gasteiger partial charge in [-0.25, -0.2) is 8.42 Å². The maximum Gasteiger partial charge on any atom is 0.248 e. The molecule has 1 aromatic carbocycles. The Kier molecular flexibility index (Phi) is 4.13. The van der Waals surface area contributed by atoms with Gasteiger partial charge in [0.25, 0.3) is 0 Å². The summed E-state index contributed by atoms with van der Waals surface area (Å²) in [5, 5.41) is 0. The van der Waals surface area contributed by atoms with Crippen molar-refractivity contribution in [2.45, 2.75) is 44.0 Å². The molecule has 0 spiro atoms. The van der Waals surface area contributed by atoms with E-state index < -0.39 is 14.6 Å². The van der Waals surface area contributed by atoms with Gasteiger partial charge in [-0.15, -0.1) is 0 Å². The predicted molar refractivity (Wildman–Crippen MR) is 83.8 cm³/mol. The average Bonchev–Trinajstić information content (AvgIpc) is 3.23. The summed E-state index contributed by atoms with van der Waals surface area (Å²) in [6.07, 6.45) is 2.92. The van der Waals surface area contributed by atoms with Crippen molar-refractivity contribution in [2.75, 3.05) is 11.2 Å². The highest BCUT2D eigenvalue weighted by Gasteiger charge is 2.46. The van der Waals surface area contributed by atoms with Crippen molar-refractivity contribution in [1.82, 2.24) is 0 Å². The zero-order valence-electron chi connectivity index (χ0n) is 12.7. The molecule has 5 nitrogen and oxygen atoms in total. The van der Waals surface area contributed by atoms with E-state index in [1.807, 2.05) is 24.3 Å². The second kappa shape index (κ2) is 5.42. The van der Waals surface area contributed by atoms with Crippen LogP contribution >= 0.6 is 0 Å². The number of anilines is 1. The van der Waals surface area contributed by atoms with Crippen LogP contribution in [0, 0.1) is 0 Å². The third kappa shape index (κ3) is 3.11. The molecule has 6 heteroatoms. The summed E-state index contributed by atoms with van der Waals surface area (Å²) in [4.78, 5) is 14.4. The molecule has 0 radical (unpaired) electrons. The smallest absolute Gasteiger partial charge is 0.248 e. The van der Waals surface area contributed by atoms with Crippen LogP contribution < -0.4 is 10.6 Å². The van der Waals surface area contributed by atoms with Crippen LogP contribution in [-0.4, -0.2) is 31.4 Å². The van der Waals surface area contributed by atoms with Gasteiger partial charge in [-0.1, -0.05) is 12.1 Å². The van der Waals surface area contributed by atoms with Crippen molar-refractivity contribution in [2.24, 2.45) is 5.73 Å². The standard InChI is InChI=1S/C15H22N2O3S/c1-15(2,21(3,19)20)14(18)17(13-8-9-13)12-6-4-11(10-16)5-7-12/h4-7,13H,8-10,16H2,1-3H3. The Bertz CT molecular complexity index is 631. The van der Waals surface area contributed by atoms with Crippen LogP contribution in [0.15, 0.2) is 24.3 Å². The number of rotatable bonds is 5. The van der Waals surface area contributed by atoms with Gasteiger partial charge >= 0.3 is 0 Å². The summed E-state index contributed by atoms with van der Waals surface area (Å²) < 4.78 is 22.4. The summed E-state index contributed by atoms with van der Waals surface area (Å²) in [6.45, 7) is 3.37. The van der Waals surface area contributed by atoms with Crippen LogP contribution in [0.5, 0.6) is 0 Å². The van der Waals surface area contributed by atoms with E-state index in [1.165, 1.54) is 13.8 Å². The molecule has 0 saturated heterocycles. The molecule has 1 aliphatic rings. The SMILES string of the molecule is CC(C)(C(=O)N(c1ccc(CN)cc1)C1CC1)S(C)(=O)=O. The first-order valence-electron chi connectivity index (χ1n) is 7.00. The van der Waals surface area contributed by atoms with Crippen LogP contribution in [0.25, 0.3) is 0 Å². The maximum absolute atomic E-state index is 12.8. The molecule has 0 aromatic heterocycles. The molecular formula is C15H22N2O3S. The molecule has 1 fully saturated rings. The van der Waals surface area contributed by atoms with E-state index >= 15 is 0 Å². The van der Waals surface area contributed by atoms with Gasteiger partial charge in [0.15, 0.2) is 9.84 Å². The Hall–Kier alpha value is -1.40. The summed E-state index contributed by atoms with van der Waals surface area (Å²) in [5.74, 6) is -0.368. The van der Waals surface area contributed by atoms with Gasteiger partial charge in [0.1, 0.15) is 4.75 Å². The van der Waals surface area contributed by atoms with E-state index in [9.17, 15) is 13.2 Å². The van der Waals surface area contributed by atoms with Crippen molar-refractivity contribution < 1.29 is 13.2 Å². The third-order valence-corrected chi connectivity index (χ3v) is 6.05. The van der Waals surface area contributed by atoms with Gasteiger partial charge in [0.05, 0.1) is 0 Å². The van der Waals surface area contributed by atoms with Gasteiger partial charge < -0.3 is 10.6 Å². The number of carbonyl (C=O) groups excluding carboxylic acids is 1. The molecular weight excluding hydrogens is 288 g/mol. The topological polar surface area (TPSA) is 80.5 Å². The predicted octanol–water partition coefficient (Wildman–Crippen LogP) is 1.46. The van der Waals surface area contributed by atoms with Gasteiger partial charge in [0, 0.05) is 24.5 Å². The number of carbonyl (C=O) groups is 1. The van der Waals surface area contributed by atoms with Crippen molar-refractivity contribution in [1.29, 1.82) is 0 Å². The largest absolute Gasteiger partial charge is 0.326 e. The Morgan fingerprint density at radius 3 is 2.19 bits per heavy atom. The minimum atomic E-state index is -3.48. The second-order valence-electron chi connectivity index (χ2n) is 6.06. The van der Waals surface area contributed by atoms with Crippen LogP contribution in [-0.2, 0) is 21.2 Å². The summed E-state index contributed by atoms with van der Waals surface area (Å²) in [6, 6.07) is 7.49. The Balaban J connectivity index is 2.37. The van der Waals surface area contributed by atoms with Gasteiger partial charge in [-0.05, 0) is 44.4 Å². The molecule has 1 aromatic rings. The molecule has 0 unspecified atom stereocenters. The summed E-state index contributed by atoms with van der Waals surface area (Å²) in [5.41, 5.74) is 7.28. The molecule has 0 atom stereocenters. The number of amides is 1. The number of sulfone groups is 1. The molecule has 0 bridgehead atoms. The number of hydrogen-bond donors (Lipinski definition) is 1. The number of nitrogens with two attached hydrogens (primary N) is 1. The number of nitrogens with zero attached hydrogens (tertiary/aromatic N) is 1. The fourth-order valence-electron chi connectivity index (χ4n) is 2.07. The van der Waals surface area contributed by atoms with E-state index in [2.05, 4.69) is 0 Å². The number of hydrogen-bond acceptors (Lipinski definition) is 4. The molecule has 1 amide bonds. The quantitative estimate of drug-likeness (QED) is 0.893. The van der Waals surface area contributed by atoms with Crippen molar-refractivity contribution in [3.05, 3.63) is 29.8 Å². The third-order valence-electron chi connectivity index (χ3n) is 4.02. The minimum Gasteiger partial charge on any atom is -0.326 e. The fourth-order valence-corrected chi connectivity index (χ4v) is 2.48. The lowest BCUT2D eigenvalue weighted by Crippen LogP contribution is -2.50. The number of benzene rings is 1. The second-order valence-corrected chi connectivity index (χ2v) is 8.62. The van der Waals surface area contributed by atoms with Crippen molar-refractivity contribution >= 4 is 21.4 Å². The Morgan fingerprint density at radius 1 is 1.29 bits per heavy atom. The molecule has 116 valence electrons. The zero-order valence-corrected chi connectivity index (χ0v) is 13.5. The van der Waals surface area contributed by atoms with Crippen LogP contribution in [0.4, 0.5) is 5.69 Å². The molecule has 21 heavy (non-hydrogen) atoms. The first-order valence-corrected chi connectivity index (χ1v) is 8.90. The lowest BCUT2D eigenvalue weighted by atomic mass is 10.1. The normalized spacial score (nSPS) is 15.8. The fraction of sp³-hybridized carbons (Fsp3) is 0.533. The summed E-state index contributed by atoms with van der Waals surface area (Å²) in [7, 11) is -3.48. The van der Waals surface area contributed by atoms with Crippen molar-refractivity contribution in [3.8, 4) is 0 Å². The van der Waals surface area contributed by atoms with E-state index in [0.29, 0.717) is 6.54 Å². The highest BCUT2D eigenvalue weighted by atomic mass is 32.2. The van der Waals surface area contributed by atoms with Crippen molar-refractivity contribution in [3.63, 3.8) is 0 Å². The molecule has 0 heterocycles. The lowest BCUT2D eigenvalue weighted by Gasteiger charge is -2.31. The van der Waals surface area contributed by atoms with Crippen LogP contribution in [0.1, 0.15) is 32.3 Å². The first-order chi connectivity index (χ1) is 9.68. The van der Waals surface area contributed by atoms with E-state index in [1.54, 1.807) is 4.90 Å². The highest BCUT2D eigenvalue weighted by molar-refractivity contribution is 7.92. The summed E-state index contributed by atoms with van der Waals surface area (Å²) >= 11 is 0. The van der Waals surface area contributed by atoms with E-state index in [4.69, 9.17) is 5.73 Å². The molecule has 1 saturated carbocycles. The maximum atomic E-state index is 12.8. The van der Waals surface area contributed by atoms with Gasteiger partial charge in [-0.2, -0.15) is 0 Å². The van der Waals surface area contributed by atoms with E-state index in [-0.39, 0.29) is 11.9 Å². The Morgan fingerprint density at radius 2 is 1.81 bits per heavy atom. The first kappa shape index (κ1) is 16.0. The average molecular weight is 310 g/mol. The van der Waals surface area contributed by atoms with Crippen LogP contribution in [0.3, 0.4) is 0 Å².